The largest absolute Gasteiger partial charge is 0.306 e. The van der Waals surface area contributed by atoms with Gasteiger partial charge in [-0.2, -0.15) is 5.26 Å². The van der Waals surface area contributed by atoms with E-state index in [4.69, 9.17) is 0 Å². The summed E-state index contributed by atoms with van der Waals surface area (Å²) in [5, 5.41) is 12.3. The van der Waals surface area contributed by atoms with Crippen LogP contribution in [0.1, 0.15) is 56.7 Å². The van der Waals surface area contributed by atoms with E-state index in [2.05, 4.69) is 34.1 Å². The van der Waals surface area contributed by atoms with Crippen molar-refractivity contribution in [3.63, 3.8) is 0 Å². The number of nitrogens with zero attached hydrogens (tertiary/aromatic N) is 5. The van der Waals surface area contributed by atoms with Gasteiger partial charge in [0.1, 0.15) is 5.41 Å². The second-order valence-electron chi connectivity index (χ2n) is 10.1. The van der Waals surface area contributed by atoms with Gasteiger partial charge in [-0.1, -0.05) is 55.7 Å². The number of piperidine rings is 1. The minimum absolute atomic E-state index is 0.109. The van der Waals surface area contributed by atoms with E-state index >= 15 is 0 Å². The molecule has 1 saturated heterocycles. The van der Waals surface area contributed by atoms with E-state index in [0.29, 0.717) is 6.04 Å². The zero-order chi connectivity index (χ0) is 25.0. The lowest BCUT2D eigenvalue weighted by Crippen LogP contribution is -2.40. The molecule has 0 spiro atoms. The highest BCUT2D eigenvalue weighted by atomic mass is 16.1. The third-order valence-electron chi connectivity index (χ3n) is 7.85. The summed E-state index contributed by atoms with van der Waals surface area (Å²) >= 11 is 0. The number of likely N-dealkylation sites (tertiary alicyclic amines) is 1. The minimum atomic E-state index is -0.353. The van der Waals surface area contributed by atoms with Crippen molar-refractivity contribution in [2.24, 2.45) is 0 Å². The standard InChI is InChI=1S/C18H18N2O.C12H15N3/c21-18-16-11-10-13-6-4-5-9-15(13)17(16)19-12-20(18)14-7-2-1-3-8-14;1-15-8-5-12(10-13,6-9-15)11-4-2-3-7-14-11/h4-6,9-12,14H,1-3,7-8H2;2-4,7H,5-6,8-9H2,1H3. The number of hydrogen-bond acceptors (Lipinski definition) is 5. The van der Waals surface area contributed by atoms with Crippen LogP contribution in [0.25, 0.3) is 21.7 Å². The molecule has 0 unspecified atom stereocenters. The average Bonchev–Trinajstić information content (AvgIpc) is 2.95. The van der Waals surface area contributed by atoms with Crippen molar-refractivity contribution in [1.82, 2.24) is 19.4 Å². The van der Waals surface area contributed by atoms with E-state index in [9.17, 15) is 10.1 Å². The number of benzene rings is 2. The van der Waals surface area contributed by atoms with Gasteiger partial charge in [0.15, 0.2) is 0 Å². The first kappa shape index (κ1) is 24.1. The minimum Gasteiger partial charge on any atom is -0.306 e. The summed E-state index contributed by atoms with van der Waals surface area (Å²) in [5.74, 6) is 0. The molecule has 0 atom stereocenters. The molecule has 2 aliphatic rings. The molecule has 0 radical (unpaired) electrons. The van der Waals surface area contributed by atoms with Crippen LogP contribution in [0.4, 0.5) is 0 Å². The van der Waals surface area contributed by atoms with Gasteiger partial charge in [-0.05, 0) is 69.4 Å². The van der Waals surface area contributed by atoms with Crippen LogP contribution in [0.5, 0.6) is 0 Å². The lowest BCUT2D eigenvalue weighted by atomic mass is 9.77. The van der Waals surface area contributed by atoms with Crippen LogP contribution < -0.4 is 5.56 Å². The third-order valence-corrected chi connectivity index (χ3v) is 7.85. The molecule has 6 nitrogen and oxygen atoms in total. The molecule has 3 heterocycles. The van der Waals surface area contributed by atoms with Gasteiger partial charge in [0.2, 0.25) is 0 Å². The van der Waals surface area contributed by atoms with Crippen LogP contribution in [-0.2, 0) is 5.41 Å². The van der Waals surface area contributed by atoms with Crippen molar-refractivity contribution in [2.45, 2.75) is 56.4 Å². The van der Waals surface area contributed by atoms with E-state index in [0.717, 1.165) is 66.1 Å². The highest BCUT2D eigenvalue weighted by molar-refractivity contribution is 6.04. The molecule has 36 heavy (non-hydrogen) atoms. The number of aromatic nitrogens is 3. The zero-order valence-corrected chi connectivity index (χ0v) is 20.9. The summed E-state index contributed by atoms with van der Waals surface area (Å²) in [4.78, 5) is 24.0. The fraction of sp³-hybridized carbons (Fsp3) is 0.400. The molecule has 6 heteroatoms. The Morgan fingerprint density at radius 1 is 0.917 bits per heavy atom. The highest BCUT2D eigenvalue weighted by Crippen LogP contribution is 2.33. The summed E-state index contributed by atoms with van der Waals surface area (Å²) in [7, 11) is 2.10. The van der Waals surface area contributed by atoms with Crippen LogP contribution >= 0.6 is 0 Å². The van der Waals surface area contributed by atoms with Gasteiger partial charge in [0.05, 0.1) is 29.0 Å². The maximum atomic E-state index is 12.8. The Kier molecular flexibility index (Phi) is 7.11. The molecule has 0 amide bonds. The number of fused-ring (bicyclic) bond motifs is 3. The van der Waals surface area contributed by atoms with Crippen LogP contribution in [0.15, 0.2) is 71.9 Å². The molecular weight excluding hydrogens is 446 g/mol. The molecule has 2 aromatic heterocycles. The van der Waals surface area contributed by atoms with E-state index < -0.39 is 0 Å². The Balaban J connectivity index is 0.000000157. The third kappa shape index (κ3) is 4.76. The van der Waals surface area contributed by atoms with Crippen LogP contribution in [0.2, 0.25) is 0 Å². The van der Waals surface area contributed by atoms with Crippen LogP contribution in [-0.4, -0.2) is 39.6 Å². The first-order chi connectivity index (χ1) is 17.6. The second-order valence-corrected chi connectivity index (χ2v) is 10.1. The molecule has 0 bridgehead atoms. The van der Waals surface area contributed by atoms with Crippen molar-refractivity contribution >= 4 is 21.7 Å². The van der Waals surface area contributed by atoms with E-state index in [-0.39, 0.29) is 11.0 Å². The van der Waals surface area contributed by atoms with Crippen molar-refractivity contribution < 1.29 is 0 Å². The molecule has 1 aliphatic heterocycles. The molecule has 184 valence electrons. The monoisotopic (exact) mass is 479 g/mol. The molecule has 6 rings (SSSR count). The fourth-order valence-electron chi connectivity index (χ4n) is 5.57. The maximum absolute atomic E-state index is 12.8. The Hall–Kier alpha value is -3.56. The van der Waals surface area contributed by atoms with Gasteiger partial charge in [0.25, 0.3) is 5.56 Å². The van der Waals surface area contributed by atoms with Gasteiger partial charge in [-0.3, -0.25) is 14.3 Å². The van der Waals surface area contributed by atoms with E-state index in [1.807, 2.05) is 53.1 Å². The molecule has 4 aromatic rings. The normalized spacial score (nSPS) is 18.3. The number of rotatable bonds is 2. The van der Waals surface area contributed by atoms with Crippen molar-refractivity contribution in [3.8, 4) is 6.07 Å². The summed E-state index contributed by atoms with van der Waals surface area (Å²) in [6.45, 7) is 1.95. The first-order valence-electron chi connectivity index (χ1n) is 13.0. The molecule has 2 aromatic carbocycles. The van der Waals surface area contributed by atoms with Crippen molar-refractivity contribution in [2.75, 3.05) is 20.1 Å². The first-order valence-corrected chi connectivity index (χ1v) is 13.0. The quantitative estimate of drug-likeness (QED) is 0.349. The van der Waals surface area contributed by atoms with Gasteiger partial charge in [-0.15, -0.1) is 0 Å². The molecule has 0 N–H and O–H groups in total. The Bertz CT molecular complexity index is 1420. The summed E-state index contributed by atoms with van der Waals surface area (Å²) < 4.78 is 1.86. The van der Waals surface area contributed by atoms with Gasteiger partial charge >= 0.3 is 0 Å². The Morgan fingerprint density at radius 3 is 2.39 bits per heavy atom. The summed E-state index contributed by atoms with van der Waals surface area (Å²) in [5.41, 5.74) is 1.51. The number of pyridine rings is 1. The van der Waals surface area contributed by atoms with Gasteiger partial charge in [-0.25, -0.2) is 4.98 Å². The lowest BCUT2D eigenvalue weighted by Gasteiger charge is -2.34. The van der Waals surface area contributed by atoms with E-state index in [1.165, 1.54) is 19.3 Å². The Morgan fingerprint density at radius 2 is 1.67 bits per heavy atom. The predicted molar refractivity (Wildman–Crippen MR) is 144 cm³/mol. The predicted octanol–water partition coefficient (Wildman–Crippen LogP) is 5.62. The smallest absolute Gasteiger partial charge is 0.261 e. The van der Waals surface area contributed by atoms with Crippen molar-refractivity contribution in [3.05, 3.63) is 83.2 Å². The second kappa shape index (κ2) is 10.6. The SMILES string of the molecule is CN1CCC(C#N)(c2ccccn2)CC1.O=c1c2ccc3ccccc3c2ncn1C1CCCCC1. The van der Waals surface area contributed by atoms with Crippen LogP contribution in [0, 0.1) is 11.3 Å². The molecule has 2 fully saturated rings. The molecule has 1 aliphatic carbocycles. The molecular formula is C30H33N5O. The summed E-state index contributed by atoms with van der Waals surface area (Å²) in [6.07, 6.45) is 11.2. The number of nitriles is 1. The van der Waals surface area contributed by atoms with E-state index in [1.54, 1.807) is 12.5 Å². The van der Waals surface area contributed by atoms with Gasteiger partial charge < -0.3 is 4.90 Å². The zero-order valence-electron chi connectivity index (χ0n) is 20.9. The lowest BCUT2D eigenvalue weighted by molar-refractivity contribution is 0.219. The fourth-order valence-corrected chi connectivity index (χ4v) is 5.57. The summed E-state index contributed by atoms with van der Waals surface area (Å²) in [6, 6.07) is 20.7. The average molecular weight is 480 g/mol. The number of hydrogen-bond donors (Lipinski definition) is 0. The maximum Gasteiger partial charge on any atom is 0.261 e. The van der Waals surface area contributed by atoms with Crippen LogP contribution in [0.3, 0.4) is 0 Å². The Labute approximate surface area is 212 Å². The topological polar surface area (TPSA) is 74.8 Å². The molecule has 1 saturated carbocycles. The van der Waals surface area contributed by atoms with Crippen molar-refractivity contribution in [1.29, 1.82) is 5.26 Å². The highest BCUT2D eigenvalue weighted by Gasteiger charge is 2.36. The van der Waals surface area contributed by atoms with Gasteiger partial charge in [0, 0.05) is 17.6 Å².